The van der Waals surface area contributed by atoms with Gasteiger partial charge in [-0.15, -0.1) is 11.3 Å². The molecule has 0 aliphatic carbocycles. The van der Waals surface area contributed by atoms with E-state index >= 15 is 0 Å². The van der Waals surface area contributed by atoms with Crippen molar-refractivity contribution in [3.8, 4) is 0 Å². The molecule has 1 aliphatic heterocycles. The second-order valence-corrected chi connectivity index (χ2v) is 7.32. The lowest BCUT2D eigenvalue weighted by Crippen LogP contribution is -2.43. The average Bonchev–Trinajstić information content (AvgIpc) is 2.84. The van der Waals surface area contributed by atoms with Gasteiger partial charge in [-0.05, 0) is 32.0 Å². The largest absolute Gasteiger partial charge is 0.313 e. The number of likely N-dealkylation sites (N-methyl/N-ethyl adjacent to an activating group) is 1. The van der Waals surface area contributed by atoms with E-state index in [1.54, 1.807) is 0 Å². The van der Waals surface area contributed by atoms with E-state index in [4.69, 9.17) is 11.6 Å². The van der Waals surface area contributed by atoms with Gasteiger partial charge in [0.25, 0.3) is 0 Å². The molecule has 1 aliphatic rings. The summed E-state index contributed by atoms with van der Waals surface area (Å²) in [5.41, 5.74) is 0. The van der Waals surface area contributed by atoms with Crippen molar-refractivity contribution in [2.45, 2.75) is 38.8 Å². The first-order valence-corrected chi connectivity index (χ1v) is 9.09. The summed E-state index contributed by atoms with van der Waals surface area (Å²) in [6.07, 6.45) is 3.99. The van der Waals surface area contributed by atoms with Gasteiger partial charge >= 0.3 is 0 Å². The lowest BCUT2D eigenvalue weighted by molar-refractivity contribution is 0.228. The SMILES string of the molecule is CCN(Cc1sc2ccccc2c1Cl)CC1CCCCN1. The molecule has 0 bridgehead atoms. The van der Waals surface area contributed by atoms with E-state index in [1.807, 2.05) is 11.3 Å². The molecule has 0 saturated carbocycles. The van der Waals surface area contributed by atoms with Crippen LogP contribution < -0.4 is 5.32 Å². The van der Waals surface area contributed by atoms with Crippen LogP contribution >= 0.6 is 22.9 Å². The Labute approximate surface area is 136 Å². The van der Waals surface area contributed by atoms with E-state index < -0.39 is 0 Å². The third-order valence-corrected chi connectivity index (χ3v) is 6.01. The summed E-state index contributed by atoms with van der Waals surface area (Å²) < 4.78 is 1.30. The Morgan fingerprint density at radius 1 is 1.33 bits per heavy atom. The van der Waals surface area contributed by atoms with E-state index in [9.17, 15) is 0 Å². The summed E-state index contributed by atoms with van der Waals surface area (Å²) >= 11 is 8.40. The molecule has 1 fully saturated rings. The first-order chi connectivity index (χ1) is 10.3. The standard InChI is InChI=1S/C17H23ClN2S/c1-2-20(11-13-7-5-6-10-19-13)12-16-17(18)14-8-3-4-9-15(14)21-16/h3-4,8-9,13,19H,2,5-7,10-12H2,1H3. The molecule has 2 heterocycles. The zero-order valence-corrected chi connectivity index (χ0v) is 14.1. The van der Waals surface area contributed by atoms with Crippen LogP contribution in [-0.4, -0.2) is 30.6 Å². The fraction of sp³-hybridized carbons (Fsp3) is 0.529. The fourth-order valence-electron chi connectivity index (χ4n) is 3.07. The molecule has 1 aromatic heterocycles. The molecule has 0 radical (unpaired) electrons. The zero-order chi connectivity index (χ0) is 14.7. The minimum Gasteiger partial charge on any atom is -0.313 e. The van der Waals surface area contributed by atoms with Gasteiger partial charge in [-0.2, -0.15) is 0 Å². The van der Waals surface area contributed by atoms with Gasteiger partial charge in [0.2, 0.25) is 0 Å². The van der Waals surface area contributed by atoms with Gasteiger partial charge in [-0.25, -0.2) is 0 Å². The maximum absolute atomic E-state index is 6.57. The molecule has 0 amide bonds. The third-order valence-electron chi connectivity index (χ3n) is 4.31. The van der Waals surface area contributed by atoms with Gasteiger partial charge in [0, 0.05) is 34.1 Å². The number of hydrogen-bond acceptors (Lipinski definition) is 3. The smallest absolute Gasteiger partial charge is 0.0637 e. The van der Waals surface area contributed by atoms with Crippen molar-refractivity contribution in [3.05, 3.63) is 34.2 Å². The van der Waals surface area contributed by atoms with Crippen molar-refractivity contribution in [1.29, 1.82) is 0 Å². The molecule has 114 valence electrons. The molecule has 1 unspecified atom stereocenters. The Kier molecular flexibility index (Phi) is 5.17. The van der Waals surface area contributed by atoms with Crippen LogP contribution in [0.3, 0.4) is 0 Å². The van der Waals surface area contributed by atoms with Crippen molar-refractivity contribution in [2.24, 2.45) is 0 Å². The highest BCUT2D eigenvalue weighted by Crippen LogP contribution is 2.35. The Morgan fingerprint density at radius 2 is 2.19 bits per heavy atom. The quantitative estimate of drug-likeness (QED) is 0.870. The maximum Gasteiger partial charge on any atom is 0.0637 e. The van der Waals surface area contributed by atoms with Crippen LogP contribution in [0.25, 0.3) is 10.1 Å². The number of halogens is 1. The van der Waals surface area contributed by atoms with Crippen LogP contribution in [0.15, 0.2) is 24.3 Å². The molecule has 2 aromatic rings. The summed E-state index contributed by atoms with van der Waals surface area (Å²) in [6, 6.07) is 9.08. The molecule has 4 heteroatoms. The summed E-state index contributed by atoms with van der Waals surface area (Å²) in [5, 5.41) is 5.79. The predicted octanol–water partition coefficient (Wildman–Crippen LogP) is 4.52. The highest BCUT2D eigenvalue weighted by molar-refractivity contribution is 7.19. The van der Waals surface area contributed by atoms with Crippen molar-refractivity contribution >= 4 is 33.0 Å². The van der Waals surface area contributed by atoms with Crippen molar-refractivity contribution in [3.63, 3.8) is 0 Å². The van der Waals surface area contributed by atoms with Gasteiger partial charge in [0.1, 0.15) is 0 Å². The first-order valence-electron chi connectivity index (χ1n) is 7.89. The Bertz CT molecular complexity index is 589. The lowest BCUT2D eigenvalue weighted by atomic mass is 10.0. The van der Waals surface area contributed by atoms with Crippen LogP contribution in [-0.2, 0) is 6.54 Å². The van der Waals surface area contributed by atoms with Crippen LogP contribution in [0, 0.1) is 0 Å². The van der Waals surface area contributed by atoms with E-state index in [0.717, 1.165) is 24.7 Å². The molecule has 1 saturated heterocycles. The molecule has 2 nitrogen and oxygen atoms in total. The number of nitrogens with zero attached hydrogens (tertiary/aromatic N) is 1. The maximum atomic E-state index is 6.57. The predicted molar refractivity (Wildman–Crippen MR) is 93.4 cm³/mol. The highest BCUT2D eigenvalue weighted by Gasteiger charge is 2.18. The van der Waals surface area contributed by atoms with Crippen molar-refractivity contribution in [2.75, 3.05) is 19.6 Å². The van der Waals surface area contributed by atoms with E-state index in [1.165, 1.54) is 40.8 Å². The van der Waals surface area contributed by atoms with Gasteiger partial charge in [0.15, 0.2) is 0 Å². The molecular formula is C17H23ClN2S. The van der Waals surface area contributed by atoms with E-state index in [0.29, 0.717) is 6.04 Å². The molecular weight excluding hydrogens is 300 g/mol. The second kappa shape index (κ2) is 7.10. The molecule has 1 aromatic carbocycles. The number of nitrogens with one attached hydrogen (secondary N) is 1. The zero-order valence-electron chi connectivity index (χ0n) is 12.6. The molecule has 21 heavy (non-hydrogen) atoms. The monoisotopic (exact) mass is 322 g/mol. The van der Waals surface area contributed by atoms with Crippen molar-refractivity contribution < 1.29 is 0 Å². The number of fused-ring (bicyclic) bond motifs is 1. The summed E-state index contributed by atoms with van der Waals surface area (Å²) in [5.74, 6) is 0. The normalized spacial score (nSPS) is 19.5. The molecule has 0 spiro atoms. The van der Waals surface area contributed by atoms with Crippen molar-refractivity contribution in [1.82, 2.24) is 10.2 Å². The van der Waals surface area contributed by atoms with E-state index in [-0.39, 0.29) is 0 Å². The summed E-state index contributed by atoms with van der Waals surface area (Å²) in [7, 11) is 0. The van der Waals surface area contributed by atoms with Gasteiger partial charge < -0.3 is 5.32 Å². The third kappa shape index (κ3) is 3.59. The van der Waals surface area contributed by atoms with Gasteiger partial charge in [0.05, 0.1) is 5.02 Å². The summed E-state index contributed by atoms with van der Waals surface area (Å²) in [4.78, 5) is 3.81. The summed E-state index contributed by atoms with van der Waals surface area (Å²) in [6.45, 7) is 6.58. The van der Waals surface area contributed by atoms with Crippen LogP contribution in [0.1, 0.15) is 31.1 Å². The number of rotatable bonds is 5. The van der Waals surface area contributed by atoms with Crippen LogP contribution in [0.4, 0.5) is 0 Å². The van der Waals surface area contributed by atoms with Crippen LogP contribution in [0.2, 0.25) is 5.02 Å². The number of piperidine rings is 1. The minimum atomic E-state index is 0.645. The lowest BCUT2D eigenvalue weighted by Gasteiger charge is -2.29. The Hall–Kier alpha value is -0.610. The topological polar surface area (TPSA) is 15.3 Å². The number of hydrogen-bond donors (Lipinski definition) is 1. The van der Waals surface area contributed by atoms with Crippen LogP contribution in [0.5, 0.6) is 0 Å². The number of benzene rings is 1. The fourth-order valence-corrected chi connectivity index (χ4v) is 4.60. The minimum absolute atomic E-state index is 0.645. The highest BCUT2D eigenvalue weighted by atomic mass is 35.5. The Morgan fingerprint density at radius 3 is 2.90 bits per heavy atom. The van der Waals surface area contributed by atoms with Gasteiger partial charge in [-0.3, -0.25) is 4.90 Å². The molecule has 3 rings (SSSR count). The molecule has 1 N–H and O–H groups in total. The average molecular weight is 323 g/mol. The van der Waals surface area contributed by atoms with Gasteiger partial charge in [-0.1, -0.05) is 43.1 Å². The van der Waals surface area contributed by atoms with E-state index in [2.05, 4.69) is 41.4 Å². The molecule has 1 atom stereocenters. The Balaban J connectivity index is 1.71. The first kappa shape index (κ1) is 15.3. The second-order valence-electron chi connectivity index (χ2n) is 5.81. The number of thiophene rings is 1.